The van der Waals surface area contributed by atoms with Crippen LogP contribution in [0.4, 0.5) is 0 Å². The van der Waals surface area contributed by atoms with E-state index in [4.69, 9.17) is 11.6 Å². The Labute approximate surface area is 180 Å². The molecule has 164 valence electrons. The molecule has 0 aromatic heterocycles. The molecule has 0 heterocycles. The van der Waals surface area contributed by atoms with Crippen LogP contribution >= 0.6 is 11.6 Å². The Balaban J connectivity index is 0.00000117. The number of hydrogen-bond donors (Lipinski definition) is 3. The number of hydrogen-bond acceptors (Lipinski definition) is 4. The van der Waals surface area contributed by atoms with Crippen LogP contribution in [0.15, 0.2) is 23.8 Å². The highest BCUT2D eigenvalue weighted by Crippen LogP contribution is 2.71. The molecule has 0 spiro atoms. The van der Waals surface area contributed by atoms with Crippen molar-refractivity contribution < 1.29 is 20.1 Å². The van der Waals surface area contributed by atoms with Crippen LogP contribution in [0.2, 0.25) is 0 Å². The number of halogens is 1. The lowest BCUT2D eigenvalue weighted by molar-refractivity contribution is -0.179. The summed E-state index contributed by atoms with van der Waals surface area (Å²) in [6.07, 6.45) is 9.32. The van der Waals surface area contributed by atoms with Crippen molar-refractivity contribution in [3.8, 4) is 0 Å². The minimum Gasteiger partial charge on any atom is -0.391 e. The van der Waals surface area contributed by atoms with Crippen LogP contribution in [-0.4, -0.2) is 44.3 Å². The van der Waals surface area contributed by atoms with E-state index in [1.54, 1.807) is 0 Å². The first-order valence-electron chi connectivity index (χ1n) is 11.2. The minimum atomic E-state index is -1.62. The minimum absolute atomic E-state index is 0.000726. The van der Waals surface area contributed by atoms with Gasteiger partial charge in [0.25, 0.3) is 0 Å². The number of alkyl halides is 1. The summed E-state index contributed by atoms with van der Waals surface area (Å²) < 4.78 is 0. The Morgan fingerprint density at radius 2 is 1.93 bits per heavy atom. The Morgan fingerprint density at radius 3 is 2.55 bits per heavy atom. The highest BCUT2D eigenvalue weighted by Gasteiger charge is 2.74. The van der Waals surface area contributed by atoms with E-state index in [1.165, 1.54) is 5.57 Å². The Kier molecular flexibility index (Phi) is 5.93. The molecule has 0 aromatic rings. The first-order chi connectivity index (χ1) is 13.6. The van der Waals surface area contributed by atoms with Gasteiger partial charge in [-0.25, -0.2) is 0 Å². The van der Waals surface area contributed by atoms with E-state index in [1.807, 2.05) is 27.7 Å². The zero-order chi connectivity index (χ0) is 21.8. The number of rotatable bonds is 2. The number of fused-ring (bicyclic) bond motifs is 5. The van der Waals surface area contributed by atoms with Gasteiger partial charge in [0.05, 0.1) is 11.0 Å². The number of carbonyl (C=O) groups excluding carboxylic acids is 1. The lowest BCUT2D eigenvalue weighted by Crippen LogP contribution is -2.68. The van der Waals surface area contributed by atoms with E-state index in [2.05, 4.69) is 25.2 Å². The smallest absolute Gasteiger partial charge is 0.190 e. The Morgan fingerprint density at radius 1 is 1.28 bits per heavy atom. The van der Waals surface area contributed by atoms with Gasteiger partial charge in [-0.05, 0) is 49.9 Å². The van der Waals surface area contributed by atoms with Crippen molar-refractivity contribution in [3.05, 3.63) is 23.8 Å². The average molecular weight is 425 g/mol. The normalized spacial score (nSPS) is 50.4. The second-order valence-electron chi connectivity index (χ2n) is 9.71. The van der Waals surface area contributed by atoms with Gasteiger partial charge < -0.3 is 15.3 Å². The second kappa shape index (κ2) is 7.47. The summed E-state index contributed by atoms with van der Waals surface area (Å²) in [6, 6.07) is 0. The molecule has 0 aliphatic heterocycles. The fraction of sp³-hybridized carbons (Fsp3) is 0.792. The molecule has 5 heteroatoms. The molecular weight excluding hydrogens is 388 g/mol. The molecular formula is C24H37ClO4. The monoisotopic (exact) mass is 424 g/mol. The Bertz CT molecular complexity index is 732. The summed E-state index contributed by atoms with van der Waals surface area (Å²) in [5.41, 5.74) is -1.52. The van der Waals surface area contributed by atoms with E-state index in [0.29, 0.717) is 6.42 Å². The second-order valence-corrected chi connectivity index (χ2v) is 10.3. The highest BCUT2D eigenvalue weighted by molar-refractivity contribution is 6.26. The maximum atomic E-state index is 12.6. The summed E-state index contributed by atoms with van der Waals surface area (Å²) >= 11 is 7.37. The van der Waals surface area contributed by atoms with Gasteiger partial charge in [-0.15, -0.1) is 11.6 Å². The number of allylic oxidation sites excluding steroid dienone is 4. The van der Waals surface area contributed by atoms with E-state index < -0.39 is 39.8 Å². The topological polar surface area (TPSA) is 77.8 Å². The number of aliphatic hydroxyl groups excluding tert-OH is 2. The summed E-state index contributed by atoms with van der Waals surface area (Å²) in [4.78, 5) is 11.8. The van der Waals surface area contributed by atoms with Gasteiger partial charge in [0.2, 0.25) is 0 Å². The van der Waals surface area contributed by atoms with Crippen molar-refractivity contribution in [3.63, 3.8) is 0 Å². The molecule has 0 radical (unpaired) electrons. The molecule has 0 aromatic carbocycles. The van der Waals surface area contributed by atoms with Crippen LogP contribution in [-0.2, 0) is 4.79 Å². The summed E-state index contributed by atoms with van der Waals surface area (Å²) in [5.74, 6) is -0.775. The number of Topliss-reactive ketones (excluding diaryl/α,β-unsaturated/α-hetero) is 1. The van der Waals surface area contributed by atoms with Crippen molar-refractivity contribution in [1.82, 2.24) is 0 Å². The third-order valence-corrected chi connectivity index (χ3v) is 9.77. The summed E-state index contributed by atoms with van der Waals surface area (Å²) in [6.45, 7) is 9.25. The zero-order valence-corrected chi connectivity index (χ0v) is 19.2. The lowest BCUT2D eigenvalue weighted by Gasteiger charge is -2.64. The maximum Gasteiger partial charge on any atom is 0.190 e. The maximum absolute atomic E-state index is 12.6. The largest absolute Gasteiger partial charge is 0.391 e. The predicted molar refractivity (Wildman–Crippen MR) is 116 cm³/mol. The molecule has 4 rings (SSSR count). The molecule has 3 saturated carbocycles. The number of aliphatic hydroxyl groups is 3. The first kappa shape index (κ1) is 23.0. The SMILES string of the molecule is CC.C[C@@H]1C[C@H]2[C@@H]3CCC4=CCC=C[C@]4(C)[C@@]3(Cl)[C@@H](O)C[C@]2(C)[C@@]1(O)C(=O)CO. The van der Waals surface area contributed by atoms with Crippen LogP contribution in [0.3, 0.4) is 0 Å². The molecule has 4 aliphatic carbocycles. The third kappa shape index (κ3) is 2.65. The van der Waals surface area contributed by atoms with Crippen LogP contribution in [0.1, 0.15) is 66.7 Å². The molecule has 4 aliphatic rings. The standard InChI is InChI=1S/C22H31ClO4.C2H6/c1-13-10-16-15-8-7-14-6-4-5-9-19(14,2)21(15,23)17(25)11-20(16,3)22(13,27)18(26)12-24;1-2/h5-6,9,13,15-17,24-25,27H,4,7-8,10-12H2,1-3H3;1-2H3/t13-,15+,16+,17+,19+,20+,21+,22+;/m1./s1. The molecule has 3 fully saturated rings. The Hall–Kier alpha value is -0.680. The zero-order valence-electron chi connectivity index (χ0n) is 18.4. The molecule has 0 saturated heterocycles. The van der Waals surface area contributed by atoms with Gasteiger partial charge in [0, 0.05) is 10.8 Å². The van der Waals surface area contributed by atoms with Crippen molar-refractivity contribution >= 4 is 17.4 Å². The van der Waals surface area contributed by atoms with E-state index in [-0.39, 0.29) is 24.2 Å². The quantitative estimate of drug-likeness (QED) is 0.462. The van der Waals surface area contributed by atoms with E-state index in [9.17, 15) is 20.1 Å². The molecule has 8 atom stereocenters. The predicted octanol–water partition coefficient (Wildman–Crippen LogP) is 4.01. The number of ketones is 1. The fourth-order valence-electron chi connectivity index (χ4n) is 7.40. The molecule has 0 bridgehead atoms. The van der Waals surface area contributed by atoms with Crippen LogP contribution in [0.25, 0.3) is 0 Å². The van der Waals surface area contributed by atoms with Crippen LogP contribution < -0.4 is 0 Å². The van der Waals surface area contributed by atoms with Crippen LogP contribution in [0.5, 0.6) is 0 Å². The van der Waals surface area contributed by atoms with Crippen LogP contribution in [0, 0.1) is 28.6 Å². The molecule has 0 unspecified atom stereocenters. The molecule has 4 nitrogen and oxygen atoms in total. The van der Waals surface area contributed by atoms with Crippen molar-refractivity contribution in [1.29, 1.82) is 0 Å². The van der Waals surface area contributed by atoms with Crippen molar-refractivity contribution in [2.45, 2.75) is 83.3 Å². The van der Waals surface area contributed by atoms with Gasteiger partial charge in [0.15, 0.2) is 5.78 Å². The van der Waals surface area contributed by atoms with Crippen molar-refractivity contribution in [2.24, 2.45) is 28.6 Å². The first-order valence-corrected chi connectivity index (χ1v) is 11.6. The van der Waals surface area contributed by atoms with Gasteiger partial charge in [-0.3, -0.25) is 4.79 Å². The summed E-state index contributed by atoms with van der Waals surface area (Å²) in [7, 11) is 0. The van der Waals surface area contributed by atoms with Gasteiger partial charge >= 0.3 is 0 Å². The fourth-order valence-corrected chi connectivity index (χ4v) is 7.92. The highest BCUT2D eigenvalue weighted by atomic mass is 35.5. The van der Waals surface area contributed by atoms with Gasteiger partial charge in [0.1, 0.15) is 12.2 Å². The molecule has 3 N–H and O–H groups in total. The van der Waals surface area contributed by atoms with E-state index in [0.717, 1.165) is 19.3 Å². The van der Waals surface area contributed by atoms with Crippen molar-refractivity contribution in [2.75, 3.05) is 6.61 Å². The molecule has 0 amide bonds. The lowest BCUT2D eigenvalue weighted by atomic mass is 9.45. The third-order valence-electron chi connectivity index (χ3n) is 8.85. The summed E-state index contributed by atoms with van der Waals surface area (Å²) in [5, 5.41) is 32.4. The number of carbonyl (C=O) groups is 1. The average Bonchev–Trinajstić information content (AvgIpc) is 2.91. The van der Waals surface area contributed by atoms with E-state index >= 15 is 0 Å². The van der Waals surface area contributed by atoms with Gasteiger partial charge in [-0.1, -0.05) is 58.4 Å². The molecule has 29 heavy (non-hydrogen) atoms. The van der Waals surface area contributed by atoms with Gasteiger partial charge in [-0.2, -0.15) is 0 Å².